The zero-order valence-electron chi connectivity index (χ0n) is 16.9. The van der Waals surface area contributed by atoms with Crippen LogP contribution in [0.2, 0.25) is 0 Å². The minimum Gasteiger partial charge on any atom is -0.384 e. The summed E-state index contributed by atoms with van der Waals surface area (Å²) in [5.74, 6) is -3.78. The number of alkyl halides is 2. The highest BCUT2D eigenvalue weighted by molar-refractivity contribution is 5.37. The third-order valence-corrected chi connectivity index (χ3v) is 6.08. The molecule has 2 aliphatic heterocycles. The Bertz CT molecular complexity index is 1170. The number of anilines is 1. The molecule has 0 amide bonds. The summed E-state index contributed by atoms with van der Waals surface area (Å²) in [6.07, 6.45) is -1.79. The van der Waals surface area contributed by atoms with Gasteiger partial charge in [0.25, 0.3) is 0 Å². The molecule has 0 spiro atoms. The normalized spacial score (nSPS) is 27.3. The van der Waals surface area contributed by atoms with Crippen LogP contribution in [0.5, 0.6) is 0 Å². The second-order valence-electron chi connectivity index (χ2n) is 8.03. The summed E-state index contributed by atoms with van der Waals surface area (Å²) in [6.45, 7) is 0.594. The van der Waals surface area contributed by atoms with Crippen LogP contribution in [0.1, 0.15) is 29.1 Å². The molecule has 4 heterocycles. The zero-order valence-corrected chi connectivity index (χ0v) is 16.9. The number of fused-ring (bicyclic) bond motifs is 1. The van der Waals surface area contributed by atoms with Crippen LogP contribution < -0.4 is 11.4 Å². The average Bonchev–Trinajstić information content (AvgIpc) is 3.37. The maximum atomic E-state index is 15.0. The summed E-state index contributed by atoms with van der Waals surface area (Å²) in [5, 5.41) is 17.6. The van der Waals surface area contributed by atoms with Crippen LogP contribution in [0.3, 0.4) is 0 Å². The first-order valence-electron chi connectivity index (χ1n) is 10.2. The van der Waals surface area contributed by atoms with E-state index in [1.165, 1.54) is 6.07 Å². The number of nitrogens with zero attached hydrogens (tertiary/aromatic N) is 4. The molecule has 0 bridgehead atoms. The van der Waals surface area contributed by atoms with Crippen molar-refractivity contribution in [1.82, 2.24) is 24.6 Å². The van der Waals surface area contributed by atoms with E-state index < -0.39 is 30.0 Å². The van der Waals surface area contributed by atoms with Crippen molar-refractivity contribution in [1.29, 1.82) is 0 Å². The highest BCUT2D eigenvalue weighted by Gasteiger charge is 2.60. The summed E-state index contributed by atoms with van der Waals surface area (Å²) in [4.78, 5) is 17.6. The maximum absolute atomic E-state index is 15.0. The van der Waals surface area contributed by atoms with Gasteiger partial charge in [-0.05, 0) is 29.7 Å². The predicted molar refractivity (Wildman–Crippen MR) is 110 cm³/mol. The van der Waals surface area contributed by atoms with E-state index in [1.54, 1.807) is 6.20 Å². The van der Waals surface area contributed by atoms with Crippen LogP contribution in [0, 0.1) is 0 Å². The summed E-state index contributed by atoms with van der Waals surface area (Å²) in [6, 6.07) is 10.7. The first-order chi connectivity index (χ1) is 15.4. The van der Waals surface area contributed by atoms with Crippen molar-refractivity contribution in [2.45, 2.75) is 36.8 Å². The number of nitrogens with one attached hydrogen (secondary N) is 1. The molecule has 3 aromatic rings. The van der Waals surface area contributed by atoms with Crippen molar-refractivity contribution in [2.75, 3.05) is 18.8 Å². The van der Waals surface area contributed by atoms with Crippen molar-refractivity contribution >= 4 is 5.82 Å². The second kappa shape index (κ2) is 7.76. The first-order valence-corrected chi connectivity index (χ1v) is 10.2. The molecule has 1 unspecified atom stereocenters. The molecule has 1 fully saturated rings. The molecule has 1 aromatic carbocycles. The molecule has 11 heteroatoms. The van der Waals surface area contributed by atoms with Crippen LogP contribution in [-0.4, -0.2) is 61.0 Å². The van der Waals surface area contributed by atoms with E-state index >= 15 is 0 Å². The van der Waals surface area contributed by atoms with Gasteiger partial charge in [0.15, 0.2) is 0 Å². The van der Waals surface area contributed by atoms with E-state index in [9.17, 15) is 18.7 Å². The Kier molecular flexibility index (Phi) is 5.03. The Morgan fingerprint density at radius 1 is 1.28 bits per heavy atom. The predicted octanol–water partition coefficient (Wildman–Crippen LogP) is 1.09. The van der Waals surface area contributed by atoms with Gasteiger partial charge in [0.1, 0.15) is 18.0 Å². The lowest BCUT2D eigenvalue weighted by Gasteiger charge is -2.38. The van der Waals surface area contributed by atoms with Gasteiger partial charge >= 0.3 is 11.6 Å². The molecule has 0 saturated carbocycles. The number of hydrogen-bond donors (Lipinski definition) is 3. The van der Waals surface area contributed by atoms with Crippen LogP contribution >= 0.6 is 0 Å². The van der Waals surface area contributed by atoms with Crippen molar-refractivity contribution in [3.05, 3.63) is 76.1 Å². The number of nitrogen functional groups attached to an aromatic ring is 1. The molecule has 0 radical (unpaired) electrons. The van der Waals surface area contributed by atoms with Gasteiger partial charge < -0.3 is 15.6 Å². The van der Waals surface area contributed by atoms with Gasteiger partial charge in [-0.15, -0.1) is 0 Å². The smallest absolute Gasteiger partial charge is 0.351 e. The molecule has 1 saturated heterocycles. The van der Waals surface area contributed by atoms with Gasteiger partial charge in [0.2, 0.25) is 6.23 Å². The fraction of sp³-hybridized carbons (Fsp3) is 0.381. The quantitative estimate of drug-likeness (QED) is 0.551. The monoisotopic (exact) mass is 444 g/mol. The number of rotatable bonds is 4. The van der Waals surface area contributed by atoms with E-state index in [1.807, 2.05) is 35.2 Å². The van der Waals surface area contributed by atoms with Crippen molar-refractivity contribution < 1.29 is 18.6 Å². The first kappa shape index (κ1) is 20.7. The van der Waals surface area contributed by atoms with Gasteiger partial charge in [-0.1, -0.05) is 24.3 Å². The number of benzene rings is 1. The Balaban J connectivity index is 1.45. The summed E-state index contributed by atoms with van der Waals surface area (Å²) < 4.78 is 36.1. The van der Waals surface area contributed by atoms with Crippen LogP contribution in [-0.2, 0) is 11.2 Å². The zero-order chi connectivity index (χ0) is 22.5. The molecule has 4 N–H and O–H groups in total. The van der Waals surface area contributed by atoms with Crippen LogP contribution in [0.4, 0.5) is 14.6 Å². The Morgan fingerprint density at radius 3 is 2.84 bits per heavy atom. The van der Waals surface area contributed by atoms with Crippen molar-refractivity contribution in [2.24, 2.45) is 0 Å². The molecule has 32 heavy (non-hydrogen) atoms. The van der Waals surface area contributed by atoms with Gasteiger partial charge in [0, 0.05) is 25.5 Å². The number of aliphatic hydroxyl groups excluding tert-OH is 1. The second-order valence-corrected chi connectivity index (χ2v) is 8.03. The lowest BCUT2D eigenvalue weighted by atomic mass is 9.90. The molecule has 9 nitrogen and oxygen atoms in total. The topological polar surface area (TPSA) is 122 Å². The molecule has 0 aliphatic carbocycles. The van der Waals surface area contributed by atoms with E-state index in [4.69, 9.17) is 10.5 Å². The Labute approximate surface area is 181 Å². The third-order valence-electron chi connectivity index (χ3n) is 6.08. The molecule has 2 aliphatic rings. The van der Waals surface area contributed by atoms with Gasteiger partial charge in [-0.3, -0.25) is 14.6 Å². The lowest BCUT2D eigenvalue weighted by Crippen LogP contribution is -2.46. The number of aromatic amines is 1. The number of halogens is 2. The molecular formula is C21H22F2N6O3. The largest absolute Gasteiger partial charge is 0.384 e. The summed E-state index contributed by atoms with van der Waals surface area (Å²) in [5.41, 5.74) is 7.42. The minimum atomic E-state index is -3.69. The molecule has 168 valence electrons. The molecule has 2 aromatic heterocycles. The number of ether oxygens (including phenoxy) is 1. The van der Waals surface area contributed by atoms with E-state index in [-0.39, 0.29) is 18.4 Å². The van der Waals surface area contributed by atoms with Crippen LogP contribution in [0.15, 0.2) is 53.6 Å². The summed E-state index contributed by atoms with van der Waals surface area (Å²) >= 11 is 0. The summed E-state index contributed by atoms with van der Waals surface area (Å²) in [7, 11) is 0. The number of aromatic nitrogens is 4. The highest BCUT2D eigenvalue weighted by Crippen LogP contribution is 2.43. The highest BCUT2D eigenvalue weighted by atomic mass is 19.3. The Hall–Kier alpha value is -3.15. The minimum absolute atomic E-state index is 0.0241. The molecule has 4 atom stereocenters. The average molecular weight is 444 g/mol. The van der Waals surface area contributed by atoms with Gasteiger partial charge in [-0.2, -0.15) is 18.9 Å². The number of aliphatic hydroxyl groups is 1. The van der Waals surface area contributed by atoms with E-state index in [2.05, 4.69) is 15.2 Å². The van der Waals surface area contributed by atoms with Gasteiger partial charge in [-0.25, -0.2) is 4.79 Å². The van der Waals surface area contributed by atoms with Crippen molar-refractivity contribution in [3.63, 3.8) is 0 Å². The standard InChI is InChI=1S/C21H22F2N6O3/c22-21(23)18(30)15(32-19(21)29-10-7-16(24)26-20(29)31)11-28-9-6-12-3-1-2-4-13(12)17(28)14-5-8-25-27-14/h1-5,7-8,10,15,17-19,30H,6,9,11H2,(H,25,27)(H2,24,26,31)/t15-,17?,18-,19-/m1/s1. The third kappa shape index (κ3) is 3.38. The van der Waals surface area contributed by atoms with Crippen molar-refractivity contribution in [3.8, 4) is 0 Å². The molecular weight excluding hydrogens is 422 g/mol. The number of hydrogen-bond acceptors (Lipinski definition) is 7. The fourth-order valence-electron chi connectivity index (χ4n) is 4.54. The van der Waals surface area contributed by atoms with Gasteiger partial charge in [0.05, 0.1) is 11.7 Å². The Morgan fingerprint density at radius 2 is 2.09 bits per heavy atom. The number of H-pyrrole nitrogens is 1. The number of nitrogens with two attached hydrogens (primary N) is 1. The SMILES string of the molecule is Nc1ccn([C@@H]2O[C@H](CN3CCc4ccccc4C3c3cc[nH]n3)[C@@H](O)C2(F)F)c(=O)n1. The van der Waals surface area contributed by atoms with E-state index in [0.717, 1.165) is 29.4 Å². The van der Waals surface area contributed by atoms with Crippen LogP contribution in [0.25, 0.3) is 0 Å². The van der Waals surface area contributed by atoms with E-state index in [0.29, 0.717) is 11.1 Å². The molecule has 5 rings (SSSR count). The maximum Gasteiger partial charge on any atom is 0.351 e. The fourth-order valence-corrected chi connectivity index (χ4v) is 4.54. The lowest BCUT2D eigenvalue weighted by molar-refractivity contribution is -0.140.